The Hall–Kier alpha value is -1.04. The smallest absolute Gasteiger partial charge is 0.131 e. The average Bonchev–Trinajstić information content (AvgIpc) is 2.84. The van der Waals surface area contributed by atoms with Gasteiger partial charge in [0.05, 0.1) is 5.60 Å². The normalized spacial score (nSPS) is 47.1. The van der Waals surface area contributed by atoms with E-state index in [0.29, 0.717) is 11.8 Å². The predicted octanol–water partition coefficient (Wildman–Crippen LogP) is 4.13. The molecule has 24 heavy (non-hydrogen) atoms. The van der Waals surface area contributed by atoms with Crippen molar-refractivity contribution in [2.45, 2.75) is 82.3 Å². The quantitative estimate of drug-likeness (QED) is 0.519. The lowest BCUT2D eigenvalue weighted by Gasteiger charge is -2.53. The van der Waals surface area contributed by atoms with E-state index in [1.165, 1.54) is 12.0 Å². The van der Waals surface area contributed by atoms with E-state index in [1.807, 2.05) is 0 Å². The van der Waals surface area contributed by atoms with Gasteiger partial charge in [0, 0.05) is 5.41 Å². The Bertz CT molecular complexity index is 651. The molecule has 2 nitrogen and oxygen atoms in total. The number of rotatable bonds is 0. The maximum absolute atomic E-state index is 11.3. The van der Waals surface area contributed by atoms with Gasteiger partial charge < -0.3 is 10.2 Å². The molecule has 4 aliphatic rings. The molecule has 0 spiro atoms. The largest absolute Gasteiger partial charge is 0.386 e. The summed E-state index contributed by atoms with van der Waals surface area (Å²) in [5, 5.41) is 22.4. The highest BCUT2D eigenvalue weighted by Crippen LogP contribution is 2.64. The SMILES string of the molecule is C=CC#C[C@]1(O)CC[C@H]2[C@@H]3CC[C@@]4(O)CCCCC4=C3CC[C@@]21C. The third-order valence-electron chi connectivity index (χ3n) is 7.89. The highest BCUT2D eigenvalue weighted by atomic mass is 16.3. The van der Waals surface area contributed by atoms with Crippen molar-refractivity contribution in [3.63, 3.8) is 0 Å². The van der Waals surface area contributed by atoms with Gasteiger partial charge in [-0.25, -0.2) is 0 Å². The maximum atomic E-state index is 11.3. The minimum atomic E-state index is -0.873. The van der Waals surface area contributed by atoms with Crippen molar-refractivity contribution in [1.29, 1.82) is 0 Å². The molecule has 0 aromatic heterocycles. The Kier molecular flexibility index (Phi) is 3.75. The average molecular weight is 326 g/mol. The second-order valence-electron chi connectivity index (χ2n) is 8.78. The van der Waals surface area contributed by atoms with E-state index in [-0.39, 0.29) is 5.41 Å². The van der Waals surface area contributed by atoms with E-state index < -0.39 is 11.2 Å². The number of hydrogen-bond acceptors (Lipinski definition) is 2. The summed E-state index contributed by atoms with van der Waals surface area (Å²) in [5.74, 6) is 7.11. The van der Waals surface area contributed by atoms with Crippen LogP contribution >= 0.6 is 0 Å². The first-order chi connectivity index (χ1) is 11.4. The summed E-state index contributed by atoms with van der Waals surface area (Å²) in [7, 11) is 0. The van der Waals surface area contributed by atoms with E-state index >= 15 is 0 Å². The highest BCUT2D eigenvalue weighted by molar-refractivity contribution is 5.37. The van der Waals surface area contributed by atoms with Crippen LogP contribution in [0.25, 0.3) is 0 Å². The second-order valence-corrected chi connectivity index (χ2v) is 8.78. The molecule has 0 amide bonds. The zero-order valence-electron chi connectivity index (χ0n) is 14.9. The van der Waals surface area contributed by atoms with Gasteiger partial charge in [0.2, 0.25) is 0 Å². The van der Waals surface area contributed by atoms with Crippen molar-refractivity contribution in [2.75, 3.05) is 0 Å². The molecule has 4 rings (SSSR count). The zero-order valence-corrected chi connectivity index (χ0v) is 14.9. The molecule has 0 unspecified atom stereocenters. The van der Waals surface area contributed by atoms with Gasteiger partial charge in [0.25, 0.3) is 0 Å². The molecule has 130 valence electrons. The lowest BCUT2D eigenvalue weighted by molar-refractivity contribution is -0.0560. The first-order valence-corrected chi connectivity index (χ1v) is 9.74. The van der Waals surface area contributed by atoms with Gasteiger partial charge >= 0.3 is 0 Å². The molecular weight excluding hydrogens is 296 g/mol. The first kappa shape index (κ1) is 16.4. The van der Waals surface area contributed by atoms with E-state index in [4.69, 9.17) is 0 Å². The molecule has 3 fully saturated rings. The standard InChI is InChI=1S/C22H30O2/c1-3-4-12-22(24)15-10-18-16-9-14-21(23)11-6-5-7-19(21)17(16)8-13-20(18,22)2/h3,16,18,23-24H,1,5-11,13-15H2,2H3/t16-,18+,20+,21+,22+/m1/s1. The number of allylic oxidation sites excluding steroid dienone is 2. The van der Waals surface area contributed by atoms with Crippen LogP contribution in [0.15, 0.2) is 23.8 Å². The fraction of sp³-hybridized carbons (Fsp3) is 0.727. The minimum Gasteiger partial charge on any atom is -0.386 e. The molecule has 2 heteroatoms. The van der Waals surface area contributed by atoms with Gasteiger partial charge in [0.15, 0.2) is 0 Å². The molecule has 3 saturated carbocycles. The molecular formula is C22H30O2. The van der Waals surface area contributed by atoms with E-state index in [0.717, 1.165) is 57.8 Å². The van der Waals surface area contributed by atoms with Crippen LogP contribution in [0.4, 0.5) is 0 Å². The lowest BCUT2D eigenvalue weighted by Crippen LogP contribution is -2.51. The summed E-state index contributed by atoms with van der Waals surface area (Å²) >= 11 is 0. The van der Waals surface area contributed by atoms with Crippen molar-refractivity contribution in [3.05, 3.63) is 23.8 Å². The van der Waals surface area contributed by atoms with Crippen LogP contribution in [0, 0.1) is 29.1 Å². The third-order valence-corrected chi connectivity index (χ3v) is 7.89. The van der Waals surface area contributed by atoms with Gasteiger partial charge in [-0.05, 0) is 87.7 Å². The van der Waals surface area contributed by atoms with Crippen LogP contribution in [0.3, 0.4) is 0 Å². The molecule has 4 aliphatic carbocycles. The van der Waals surface area contributed by atoms with Crippen molar-refractivity contribution in [2.24, 2.45) is 17.3 Å². The van der Waals surface area contributed by atoms with Crippen LogP contribution in [0.5, 0.6) is 0 Å². The first-order valence-electron chi connectivity index (χ1n) is 9.74. The molecule has 0 aliphatic heterocycles. The number of aliphatic hydroxyl groups is 2. The topological polar surface area (TPSA) is 40.5 Å². The van der Waals surface area contributed by atoms with Crippen LogP contribution in [0.1, 0.15) is 71.1 Å². The van der Waals surface area contributed by atoms with Gasteiger partial charge in [-0.3, -0.25) is 0 Å². The summed E-state index contributed by atoms with van der Waals surface area (Å²) < 4.78 is 0. The van der Waals surface area contributed by atoms with Crippen LogP contribution in [-0.4, -0.2) is 21.4 Å². The highest BCUT2D eigenvalue weighted by Gasteiger charge is 2.61. The molecule has 0 bridgehead atoms. The monoisotopic (exact) mass is 326 g/mol. The fourth-order valence-corrected chi connectivity index (χ4v) is 6.49. The third kappa shape index (κ3) is 2.11. The maximum Gasteiger partial charge on any atom is 0.131 e. The number of hydrogen-bond donors (Lipinski definition) is 2. The van der Waals surface area contributed by atoms with Crippen molar-refractivity contribution in [1.82, 2.24) is 0 Å². The molecule has 0 radical (unpaired) electrons. The summed E-state index contributed by atoms with van der Waals surface area (Å²) in [5.41, 5.74) is 1.45. The summed E-state index contributed by atoms with van der Waals surface area (Å²) in [6, 6.07) is 0. The van der Waals surface area contributed by atoms with E-state index in [2.05, 4.69) is 25.3 Å². The summed E-state index contributed by atoms with van der Waals surface area (Å²) in [6.45, 7) is 5.93. The van der Waals surface area contributed by atoms with E-state index in [9.17, 15) is 10.2 Å². The zero-order chi connectivity index (χ0) is 17.0. The minimum absolute atomic E-state index is 0.123. The van der Waals surface area contributed by atoms with Crippen molar-refractivity contribution in [3.8, 4) is 11.8 Å². The van der Waals surface area contributed by atoms with Gasteiger partial charge in [-0.1, -0.05) is 30.9 Å². The Morgan fingerprint density at radius 2 is 1.92 bits per heavy atom. The Morgan fingerprint density at radius 3 is 2.71 bits per heavy atom. The predicted molar refractivity (Wildman–Crippen MR) is 96.2 cm³/mol. The fourth-order valence-electron chi connectivity index (χ4n) is 6.49. The van der Waals surface area contributed by atoms with Crippen LogP contribution < -0.4 is 0 Å². The lowest BCUT2D eigenvalue weighted by atomic mass is 9.53. The van der Waals surface area contributed by atoms with Crippen LogP contribution in [0.2, 0.25) is 0 Å². The molecule has 5 atom stereocenters. The van der Waals surface area contributed by atoms with Crippen molar-refractivity contribution < 1.29 is 10.2 Å². The number of fused-ring (bicyclic) bond motifs is 4. The van der Waals surface area contributed by atoms with Crippen LogP contribution in [-0.2, 0) is 0 Å². The van der Waals surface area contributed by atoms with Gasteiger partial charge in [0.1, 0.15) is 5.60 Å². The molecule has 0 heterocycles. The van der Waals surface area contributed by atoms with Crippen molar-refractivity contribution >= 4 is 0 Å². The molecule has 0 aromatic carbocycles. The second kappa shape index (κ2) is 5.48. The summed E-state index contributed by atoms with van der Waals surface area (Å²) in [6.07, 6.45) is 11.9. The Labute approximate surface area is 146 Å². The van der Waals surface area contributed by atoms with Gasteiger partial charge in [-0.15, -0.1) is 0 Å². The Morgan fingerprint density at radius 1 is 1.08 bits per heavy atom. The molecule has 0 aromatic rings. The molecule has 2 N–H and O–H groups in total. The molecule has 0 saturated heterocycles. The summed E-state index contributed by atoms with van der Waals surface area (Å²) in [4.78, 5) is 0. The Balaban J connectivity index is 1.72. The van der Waals surface area contributed by atoms with Gasteiger partial charge in [-0.2, -0.15) is 0 Å². The van der Waals surface area contributed by atoms with E-state index in [1.54, 1.807) is 11.6 Å².